The first-order chi connectivity index (χ1) is 14.0. The average molecular weight is 391 g/mol. The van der Waals surface area contributed by atoms with E-state index in [1.165, 1.54) is 16.7 Å². The molecule has 0 amide bonds. The summed E-state index contributed by atoms with van der Waals surface area (Å²) in [6.45, 7) is 0.933. The van der Waals surface area contributed by atoms with Gasteiger partial charge in [0.25, 0.3) is 0 Å². The number of hydrogen-bond donors (Lipinski definition) is 2. The van der Waals surface area contributed by atoms with Crippen molar-refractivity contribution in [3.8, 4) is 22.9 Å². The first-order valence-corrected chi connectivity index (χ1v) is 9.81. The molecule has 5 rings (SSSR count). The lowest BCUT2D eigenvalue weighted by atomic mass is 10.0. The number of aromatic nitrogens is 2. The summed E-state index contributed by atoms with van der Waals surface area (Å²) in [5, 5.41) is 21.0. The summed E-state index contributed by atoms with van der Waals surface area (Å²) in [6, 6.07) is 10.3. The van der Waals surface area contributed by atoms with Crippen LogP contribution in [0.5, 0.6) is 11.8 Å². The molecule has 2 aromatic heterocycles. The summed E-state index contributed by atoms with van der Waals surface area (Å²) < 4.78 is 14.9. The first kappa shape index (κ1) is 17.9. The molecular weight excluding hydrogens is 369 g/mol. The van der Waals surface area contributed by atoms with Crippen LogP contribution in [0.3, 0.4) is 0 Å². The zero-order valence-corrected chi connectivity index (χ0v) is 16.1. The second-order valence-corrected chi connectivity index (χ2v) is 7.72. The van der Waals surface area contributed by atoms with Gasteiger partial charge in [0.15, 0.2) is 11.8 Å². The molecule has 2 atom stereocenters. The Balaban J connectivity index is 1.44. The molecule has 0 spiro atoms. The van der Waals surface area contributed by atoms with Gasteiger partial charge in [-0.15, -0.1) is 0 Å². The Hall–Kier alpha value is -3.12. The van der Waals surface area contributed by atoms with Gasteiger partial charge in [-0.3, -0.25) is 14.5 Å². The number of hydrogen-bond acceptors (Lipinski definition) is 4. The van der Waals surface area contributed by atoms with E-state index in [1.807, 2.05) is 30.4 Å². The van der Waals surface area contributed by atoms with E-state index < -0.39 is 0 Å². The molecule has 2 aliphatic rings. The van der Waals surface area contributed by atoms with Crippen molar-refractivity contribution in [1.29, 1.82) is 0 Å². The highest BCUT2D eigenvalue weighted by Gasteiger charge is 2.45. The quantitative estimate of drug-likeness (QED) is 0.688. The lowest BCUT2D eigenvalue weighted by Crippen LogP contribution is -2.20. The Morgan fingerprint density at radius 2 is 1.93 bits per heavy atom. The minimum absolute atomic E-state index is 0.0886. The van der Waals surface area contributed by atoms with Crippen LogP contribution >= 0.6 is 0 Å². The predicted octanol–water partition coefficient (Wildman–Crippen LogP) is 4.54. The van der Waals surface area contributed by atoms with Gasteiger partial charge in [-0.05, 0) is 49.2 Å². The van der Waals surface area contributed by atoms with Crippen LogP contribution in [-0.2, 0) is 7.05 Å². The molecule has 3 aromatic rings. The van der Waals surface area contributed by atoms with Crippen LogP contribution in [0.2, 0.25) is 0 Å². The maximum atomic E-state index is 13.4. The minimum Gasteiger partial charge on any atom is -0.494 e. The molecule has 2 N–H and O–H groups in total. The highest BCUT2D eigenvalue weighted by molar-refractivity contribution is 5.64. The Morgan fingerprint density at radius 3 is 2.69 bits per heavy atom. The maximum absolute atomic E-state index is 13.4. The van der Waals surface area contributed by atoms with Crippen molar-refractivity contribution >= 4 is 6.08 Å². The van der Waals surface area contributed by atoms with E-state index in [-0.39, 0.29) is 29.7 Å². The number of nitrogens with zero attached hydrogens (tertiary/aromatic N) is 3. The second kappa shape index (κ2) is 6.74. The van der Waals surface area contributed by atoms with Crippen LogP contribution < -0.4 is 0 Å². The van der Waals surface area contributed by atoms with Gasteiger partial charge in [-0.1, -0.05) is 24.3 Å². The van der Waals surface area contributed by atoms with Gasteiger partial charge in [-0.2, -0.15) is 0 Å². The number of halogens is 1. The standard InChI is InChI=1S/C23H22FN3O2/c1-26-22(28)20-18-6-3-11-27(18)19(21(20)23(26)29)10-9-17-8-7-15(13-25-17)14-4-2-5-16(24)12-14/h2,4-5,7-10,12-13,18-19,28-29H,3,6,11H2,1H3/b10-9+. The van der Waals surface area contributed by atoms with Gasteiger partial charge in [0.1, 0.15) is 5.82 Å². The van der Waals surface area contributed by atoms with E-state index in [0.717, 1.165) is 47.3 Å². The van der Waals surface area contributed by atoms with Crippen LogP contribution in [0, 0.1) is 5.82 Å². The molecule has 1 fully saturated rings. The molecule has 0 saturated carbocycles. The topological polar surface area (TPSA) is 61.5 Å². The molecule has 2 unspecified atom stereocenters. The van der Waals surface area contributed by atoms with Crippen molar-refractivity contribution in [2.24, 2.45) is 7.05 Å². The fraction of sp³-hybridized carbons (Fsp3) is 0.261. The third-order valence-electron chi connectivity index (χ3n) is 6.08. The third-order valence-corrected chi connectivity index (χ3v) is 6.08. The maximum Gasteiger partial charge on any atom is 0.199 e. The van der Waals surface area contributed by atoms with E-state index in [2.05, 4.69) is 9.88 Å². The lowest BCUT2D eigenvalue weighted by Gasteiger charge is -2.22. The van der Waals surface area contributed by atoms with E-state index in [9.17, 15) is 14.6 Å². The smallest absolute Gasteiger partial charge is 0.199 e. The molecule has 29 heavy (non-hydrogen) atoms. The summed E-state index contributed by atoms with van der Waals surface area (Å²) in [5.74, 6) is 0.00781. The fourth-order valence-electron chi connectivity index (χ4n) is 4.66. The number of fused-ring (bicyclic) bond motifs is 3. The predicted molar refractivity (Wildman–Crippen MR) is 109 cm³/mol. The molecule has 4 heterocycles. The largest absolute Gasteiger partial charge is 0.494 e. The van der Waals surface area contributed by atoms with Crippen molar-refractivity contribution in [2.75, 3.05) is 6.54 Å². The van der Waals surface area contributed by atoms with Gasteiger partial charge >= 0.3 is 0 Å². The van der Waals surface area contributed by atoms with Crippen molar-refractivity contribution in [3.63, 3.8) is 0 Å². The zero-order valence-electron chi connectivity index (χ0n) is 16.1. The molecular formula is C23H22FN3O2. The Morgan fingerprint density at radius 1 is 1.10 bits per heavy atom. The summed E-state index contributed by atoms with van der Waals surface area (Å²) >= 11 is 0. The highest BCUT2D eigenvalue weighted by Crippen LogP contribution is 2.55. The normalized spacial score (nSPS) is 21.0. The molecule has 6 heteroatoms. The van der Waals surface area contributed by atoms with Crippen molar-refractivity contribution in [3.05, 3.63) is 71.3 Å². The SMILES string of the molecule is Cn1c(O)c2c(c1O)C1CCCN1C2/C=C/c1ccc(-c2cccc(F)c2)cn1. The van der Waals surface area contributed by atoms with Gasteiger partial charge in [0.05, 0.1) is 11.7 Å². The molecule has 0 aliphatic carbocycles. The van der Waals surface area contributed by atoms with Crippen LogP contribution in [0.1, 0.15) is 41.7 Å². The summed E-state index contributed by atoms with van der Waals surface area (Å²) in [4.78, 5) is 6.81. The van der Waals surface area contributed by atoms with E-state index in [1.54, 1.807) is 19.3 Å². The second-order valence-electron chi connectivity index (χ2n) is 7.72. The summed E-state index contributed by atoms with van der Waals surface area (Å²) in [6.07, 6.45) is 7.76. The third kappa shape index (κ3) is 2.83. The molecule has 5 nitrogen and oxygen atoms in total. The summed E-state index contributed by atoms with van der Waals surface area (Å²) in [5.41, 5.74) is 4.08. The number of rotatable bonds is 3. The van der Waals surface area contributed by atoms with E-state index in [4.69, 9.17) is 0 Å². The Kier molecular flexibility index (Phi) is 4.17. The number of aromatic hydroxyl groups is 2. The van der Waals surface area contributed by atoms with Crippen LogP contribution in [0.15, 0.2) is 48.7 Å². The van der Waals surface area contributed by atoms with Crippen LogP contribution in [0.4, 0.5) is 4.39 Å². The van der Waals surface area contributed by atoms with E-state index >= 15 is 0 Å². The molecule has 0 radical (unpaired) electrons. The minimum atomic E-state index is -0.269. The molecule has 1 aromatic carbocycles. The average Bonchev–Trinajstić information content (AvgIpc) is 3.37. The van der Waals surface area contributed by atoms with Crippen LogP contribution in [0.25, 0.3) is 17.2 Å². The van der Waals surface area contributed by atoms with E-state index in [0.29, 0.717) is 0 Å². The van der Waals surface area contributed by atoms with Gasteiger partial charge < -0.3 is 10.2 Å². The first-order valence-electron chi connectivity index (χ1n) is 9.81. The van der Waals surface area contributed by atoms with Crippen molar-refractivity contribution in [2.45, 2.75) is 24.9 Å². The molecule has 148 valence electrons. The summed E-state index contributed by atoms with van der Waals surface area (Å²) in [7, 11) is 1.68. The highest BCUT2D eigenvalue weighted by atomic mass is 19.1. The monoisotopic (exact) mass is 391 g/mol. The Labute approximate surface area is 168 Å². The van der Waals surface area contributed by atoms with Gasteiger partial charge in [0.2, 0.25) is 0 Å². The zero-order chi connectivity index (χ0) is 20.1. The number of pyridine rings is 1. The number of benzene rings is 1. The molecule has 1 saturated heterocycles. The lowest BCUT2D eigenvalue weighted by molar-refractivity contribution is 0.237. The van der Waals surface area contributed by atoms with Crippen LogP contribution in [-0.4, -0.2) is 31.2 Å². The van der Waals surface area contributed by atoms with Crippen molar-refractivity contribution < 1.29 is 14.6 Å². The van der Waals surface area contributed by atoms with Gasteiger partial charge in [-0.25, -0.2) is 4.39 Å². The van der Waals surface area contributed by atoms with Gasteiger partial charge in [0, 0.05) is 36.0 Å². The molecule has 0 bridgehead atoms. The Bertz CT molecular complexity index is 1100. The van der Waals surface area contributed by atoms with Crippen molar-refractivity contribution in [1.82, 2.24) is 14.5 Å². The fourth-order valence-corrected chi connectivity index (χ4v) is 4.66. The molecule has 2 aliphatic heterocycles.